The van der Waals surface area contributed by atoms with Gasteiger partial charge in [0.25, 0.3) is 0 Å². The van der Waals surface area contributed by atoms with Gasteiger partial charge in [0.1, 0.15) is 0 Å². The van der Waals surface area contributed by atoms with Gasteiger partial charge in [0.05, 0.1) is 6.26 Å². The normalized spacial score (nSPS) is 4.56. The largest absolute Gasteiger partial charge is 0.423 e. The van der Waals surface area contributed by atoms with E-state index < -0.39 is 5.43 Å². The van der Waals surface area contributed by atoms with Crippen molar-refractivity contribution in [1.29, 1.82) is 0 Å². The van der Waals surface area contributed by atoms with Crippen LogP contribution in [0.4, 0.5) is 4.79 Å². The number of halogens is 3. The minimum Gasteiger partial charge on any atom is -0.423 e. The number of ether oxygens (including phenoxy) is 1. The maximum absolute atomic E-state index is 9.52. The third-order valence-corrected chi connectivity index (χ3v) is 0.265. The van der Waals surface area contributed by atoms with Gasteiger partial charge in [-0.05, 0) is 0 Å². The highest BCUT2D eigenvalue weighted by Crippen LogP contribution is 1.83. The summed E-state index contributed by atoms with van der Waals surface area (Å²) in [6.07, 6.45) is 0.968. The Morgan fingerprint density at radius 2 is 1.89 bits per heavy atom. The lowest BCUT2D eigenvalue weighted by Gasteiger charge is -1.80. The molecule has 0 bridgehead atoms. The second-order valence-electron chi connectivity index (χ2n) is 0.522. The molecule has 0 saturated carbocycles. The van der Waals surface area contributed by atoms with Crippen molar-refractivity contribution in [3.8, 4) is 0 Å². The van der Waals surface area contributed by atoms with Gasteiger partial charge in [-0.1, -0.05) is 14.0 Å². The van der Waals surface area contributed by atoms with Crippen LogP contribution >= 0.6 is 36.4 Å². The standard InChI is InChI=1S/C3H3ClO2.CH4.2ClH/c1-2-6-3(4)5;;;/h2H,1H2;1H4;2*1H. The molecule has 2 nitrogen and oxygen atoms in total. The second kappa shape index (κ2) is 15.7. The van der Waals surface area contributed by atoms with Crippen LogP contribution < -0.4 is 0 Å². The summed E-state index contributed by atoms with van der Waals surface area (Å²) in [6, 6.07) is 0. The molecule has 58 valence electrons. The SMILES string of the molecule is C.C=COC(=O)Cl.Cl.Cl. The number of hydrogen-bond donors (Lipinski definition) is 0. The predicted molar refractivity (Wildman–Crippen MR) is 43.8 cm³/mol. The Bertz CT molecular complexity index is 74.2. The first-order valence-electron chi connectivity index (χ1n) is 1.24. The van der Waals surface area contributed by atoms with E-state index in [1.165, 1.54) is 0 Å². The first kappa shape index (κ1) is 23.0. The Morgan fingerprint density at radius 1 is 1.56 bits per heavy atom. The molecule has 0 saturated heterocycles. The Morgan fingerprint density at radius 3 is 1.89 bits per heavy atom. The zero-order chi connectivity index (χ0) is 4.99. The first-order valence-corrected chi connectivity index (χ1v) is 1.62. The van der Waals surface area contributed by atoms with Gasteiger partial charge in [0.15, 0.2) is 0 Å². The molecule has 0 aromatic rings. The van der Waals surface area contributed by atoms with Crippen molar-refractivity contribution < 1.29 is 9.53 Å². The van der Waals surface area contributed by atoms with E-state index in [9.17, 15) is 4.79 Å². The Kier molecular flexibility index (Phi) is 40.1. The van der Waals surface area contributed by atoms with Crippen molar-refractivity contribution in [2.45, 2.75) is 7.43 Å². The van der Waals surface area contributed by atoms with E-state index in [1.54, 1.807) is 0 Å². The van der Waals surface area contributed by atoms with Crippen molar-refractivity contribution >= 4 is 41.8 Å². The lowest BCUT2D eigenvalue weighted by atomic mass is 11.1. The summed E-state index contributed by atoms with van der Waals surface area (Å²) < 4.78 is 3.93. The van der Waals surface area contributed by atoms with Gasteiger partial charge in [0.2, 0.25) is 0 Å². The topological polar surface area (TPSA) is 26.3 Å². The van der Waals surface area contributed by atoms with Crippen LogP contribution in [0, 0.1) is 0 Å². The van der Waals surface area contributed by atoms with Gasteiger partial charge in [-0.25, -0.2) is 4.79 Å². The van der Waals surface area contributed by atoms with E-state index in [4.69, 9.17) is 0 Å². The highest BCUT2D eigenvalue weighted by Gasteiger charge is 1.83. The number of rotatable bonds is 1. The van der Waals surface area contributed by atoms with Gasteiger partial charge in [-0.3, -0.25) is 0 Å². The molecule has 5 heteroatoms. The summed E-state index contributed by atoms with van der Waals surface area (Å²) in [5, 5.41) is 0. The number of carbonyl (C=O) groups excluding carboxylic acids is 1. The third kappa shape index (κ3) is 31.5. The molecule has 9 heavy (non-hydrogen) atoms. The molecule has 0 fully saturated rings. The molecule has 0 N–H and O–H groups in total. The minimum atomic E-state index is -0.856. The van der Waals surface area contributed by atoms with Crippen molar-refractivity contribution in [3.63, 3.8) is 0 Å². The molecule has 0 aromatic heterocycles. The summed E-state index contributed by atoms with van der Waals surface area (Å²) >= 11 is 4.65. The first-order chi connectivity index (χ1) is 2.77. The van der Waals surface area contributed by atoms with E-state index in [2.05, 4.69) is 22.9 Å². The molecule has 0 rings (SSSR count). The molecule has 0 aliphatic heterocycles. The van der Waals surface area contributed by atoms with Crippen molar-refractivity contribution in [2.75, 3.05) is 0 Å². The third-order valence-electron chi connectivity index (χ3n) is 0.176. The van der Waals surface area contributed by atoms with Crippen molar-refractivity contribution in [1.82, 2.24) is 0 Å². The molecule has 0 aromatic carbocycles. The Balaban J connectivity index is -0.0000000417. The van der Waals surface area contributed by atoms with Gasteiger partial charge < -0.3 is 4.74 Å². The molecule has 0 aliphatic carbocycles. The van der Waals surface area contributed by atoms with Crippen LogP contribution in [0.5, 0.6) is 0 Å². The van der Waals surface area contributed by atoms with Crippen LogP contribution in [-0.4, -0.2) is 5.43 Å². The summed E-state index contributed by atoms with van der Waals surface area (Å²) in [5.41, 5.74) is -0.856. The van der Waals surface area contributed by atoms with Crippen LogP contribution in [0.2, 0.25) is 0 Å². The fourth-order valence-corrected chi connectivity index (χ4v) is 0.129. The van der Waals surface area contributed by atoms with Gasteiger partial charge in [-0.2, -0.15) is 0 Å². The zero-order valence-electron chi connectivity index (χ0n) is 3.80. The molecule has 0 heterocycles. The van der Waals surface area contributed by atoms with E-state index in [1.807, 2.05) is 0 Å². The lowest BCUT2D eigenvalue weighted by molar-refractivity contribution is 0.212. The van der Waals surface area contributed by atoms with E-state index >= 15 is 0 Å². The molecule has 0 radical (unpaired) electrons. The second-order valence-corrected chi connectivity index (χ2v) is 0.831. The van der Waals surface area contributed by atoms with Crippen LogP contribution in [0.15, 0.2) is 12.8 Å². The molecular weight excluding hydrogens is 186 g/mol. The highest BCUT2D eigenvalue weighted by molar-refractivity contribution is 6.61. The maximum atomic E-state index is 9.52. The van der Waals surface area contributed by atoms with Crippen LogP contribution in [-0.2, 0) is 4.74 Å². The molecule has 0 spiro atoms. The molecular formula is C4H9Cl3O2. The van der Waals surface area contributed by atoms with Crippen LogP contribution in [0.1, 0.15) is 7.43 Å². The van der Waals surface area contributed by atoms with Crippen LogP contribution in [0.3, 0.4) is 0 Å². The minimum absolute atomic E-state index is 0. The number of carbonyl (C=O) groups is 1. The predicted octanol–water partition coefficient (Wildman–Crippen LogP) is 2.99. The Hall–Kier alpha value is 0.0800. The average Bonchev–Trinajstić information content (AvgIpc) is 1.35. The van der Waals surface area contributed by atoms with E-state index in [-0.39, 0.29) is 32.2 Å². The molecule has 0 amide bonds. The molecule has 0 atom stereocenters. The van der Waals surface area contributed by atoms with Gasteiger partial charge in [-0.15, -0.1) is 24.8 Å². The quantitative estimate of drug-likeness (QED) is 0.475. The Labute approximate surface area is 72.0 Å². The maximum Gasteiger partial charge on any atom is 0.408 e. The van der Waals surface area contributed by atoms with Crippen molar-refractivity contribution in [3.05, 3.63) is 12.8 Å². The van der Waals surface area contributed by atoms with E-state index in [0.717, 1.165) is 6.26 Å². The van der Waals surface area contributed by atoms with Gasteiger partial charge in [0, 0.05) is 11.6 Å². The van der Waals surface area contributed by atoms with Crippen LogP contribution in [0.25, 0.3) is 0 Å². The fraction of sp³-hybridized carbons (Fsp3) is 0.250. The zero-order valence-corrected chi connectivity index (χ0v) is 6.18. The lowest BCUT2D eigenvalue weighted by Crippen LogP contribution is -1.79. The van der Waals surface area contributed by atoms with Crippen molar-refractivity contribution in [2.24, 2.45) is 0 Å². The molecule has 0 unspecified atom stereocenters. The summed E-state index contributed by atoms with van der Waals surface area (Å²) in [5.74, 6) is 0. The summed E-state index contributed by atoms with van der Waals surface area (Å²) in [4.78, 5) is 9.52. The summed E-state index contributed by atoms with van der Waals surface area (Å²) in [6.45, 7) is 3.07. The fourth-order valence-electron chi connectivity index (χ4n) is 0.0655. The molecule has 0 aliphatic rings. The highest BCUT2D eigenvalue weighted by atomic mass is 35.5. The van der Waals surface area contributed by atoms with E-state index in [0.29, 0.717) is 0 Å². The summed E-state index contributed by atoms with van der Waals surface area (Å²) in [7, 11) is 0. The smallest absolute Gasteiger partial charge is 0.408 e. The average molecular weight is 195 g/mol. The monoisotopic (exact) mass is 194 g/mol. The van der Waals surface area contributed by atoms with Gasteiger partial charge >= 0.3 is 5.43 Å². The number of hydrogen-bond acceptors (Lipinski definition) is 2.